The fourth-order valence-electron chi connectivity index (χ4n) is 4.61. The third-order valence-electron chi connectivity index (χ3n) is 5.86. The molecular formula is C20H24N2OS. The highest BCUT2D eigenvalue weighted by Gasteiger charge is 2.51. The zero-order valence-electron chi connectivity index (χ0n) is 14.1. The number of carbonyl (C=O) groups is 1. The fourth-order valence-corrected chi connectivity index (χ4v) is 5.27. The van der Waals surface area contributed by atoms with Gasteiger partial charge in [0.05, 0.1) is 6.04 Å². The first-order valence-electron chi connectivity index (χ1n) is 8.75. The van der Waals surface area contributed by atoms with Gasteiger partial charge in [0.2, 0.25) is 5.91 Å². The van der Waals surface area contributed by atoms with Crippen LogP contribution in [-0.4, -0.2) is 41.4 Å². The summed E-state index contributed by atoms with van der Waals surface area (Å²) < 4.78 is 0. The molecule has 3 nitrogen and oxygen atoms in total. The van der Waals surface area contributed by atoms with Crippen molar-refractivity contribution in [1.82, 2.24) is 9.80 Å². The first kappa shape index (κ1) is 15.9. The van der Waals surface area contributed by atoms with E-state index in [2.05, 4.69) is 57.0 Å². The van der Waals surface area contributed by atoms with E-state index in [4.69, 9.17) is 0 Å². The van der Waals surface area contributed by atoms with Gasteiger partial charge < -0.3 is 4.90 Å². The molecule has 4 heteroatoms. The van der Waals surface area contributed by atoms with Crippen molar-refractivity contribution < 1.29 is 4.79 Å². The Balaban J connectivity index is 1.62. The number of fused-ring (bicyclic) bond motifs is 1. The zero-order chi connectivity index (χ0) is 16.6. The number of thiophene rings is 1. The van der Waals surface area contributed by atoms with Crippen molar-refractivity contribution in [3.63, 3.8) is 0 Å². The van der Waals surface area contributed by atoms with Gasteiger partial charge >= 0.3 is 0 Å². The summed E-state index contributed by atoms with van der Waals surface area (Å²) in [7, 11) is 0. The largest absolute Gasteiger partial charge is 0.338 e. The second kappa shape index (κ2) is 6.34. The Morgan fingerprint density at radius 1 is 1.21 bits per heavy atom. The molecule has 0 N–H and O–H groups in total. The second-order valence-corrected chi connectivity index (χ2v) is 7.90. The monoisotopic (exact) mass is 340 g/mol. The molecule has 0 bridgehead atoms. The molecule has 2 aliphatic rings. The van der Waals surface area contributed by atoms with Crippen molar-refractivity contribution in [2.45, 2.75) is 37.8 Å². The summed E-state index contributed by atoms with van der Waals surface area (Å²) in [6.07, 6.45) is 2.23. The summed E-state index contributed by atoms with van der Waals surface area (Å²) in [5.74, 6) is 0.218. The molecule has 0 saturated carbocycles. The number of hydrogen-bond donors (Lipinski definition) is 0. The molecule has 24 heavy (non-hydrogen) atoms. The minimum Gasteiger partial charge on any atom is -0.338 e. The van der Waals surface area contributed by atoms with E-state index < -0.39 is 0 Å². The standard InChI is InChI=1S/C20H24N2OS/c1-16(23)22-11-9-20(18-5-3-2-4-6-18)8-10-21(14-19(20)22)13-17-7-12-24-15-17/h2-7,12,15,19H,8-11,13-14H2,1H3/t19-,20+/m0/s1. The van der Waals surface area contributed by atoms with Crippen molar-refractivity contribution in [3.8, 4) is 0 Å². The minimum atomic E-state index is 0.137. The third kappa shape index (κ3) is 2.68. The highest BCUT2D eigenvalue weighted by Crippen LogP contribution is 2.46. The Morgan fingerprint density at radius 3 is 2.71 bits per heavy atom. The van der Waals surface area contributed by atoms with Gasteiger partial charge in [-0.05, 0) is 47.3 Å². The summed E-state index contributed by atoms with van der Waals surface area (Å²) in [5.41, 5.74) is 2.94. The second-order valence-electron chi connectivity index (χ2n) is 7.12. The normalized spacial score (nSPS) is 27.2. The van der Waals surface area contributed by atoms with Gasteiger partial charge in [0.1, 0.15) is 0 Å². The maximum atomic E-state index is 12.2. The van der Waals surface area contributed by atoms with Gasteiger partial charge in [-0.15, -0.1) is 0 Å². The third-order valence-corrected chi connectivity index (χ3v) is 6.59. The van der Waals surface area contributed by atoms with Gasteiger partial charge in [-0.3, -0.25) is 9.69 Å². The van der Waals surface area contributed by atoms with Gasteiger partial charge in [0, 0.05) is 32.0 Å². The van der Waals surface area contributed by atoms with Gasteiger partial charge in [-0.2, -0.15) is 11.3 Å². The predicted octanol–water partition coefficient (Wildman–Crippen LogP) is 3.51. The van der Waals surface area contributed by atoms with Crippen molar-refractivity contribution in [3.05, 3.63) is 58.3 Å². The van der Waals surface area contributed by atoms with E-state index >= 15 is 0 Å². The smallest absolute Gasteiger partial charge is 0.219 e. The summed E-state index contributed by atoms with van der Waals surface area (Å²) in [5, 5.41) is 4.38. The molecule has 0 radical (unpaired) electrons. The molecule has 1 aromatic heterocycles. The number of benzene rings is 1. The molecule has 126 valence electrons. The quantitative estimate of drug-likeness (QED) is 0.854. The molecule has 3 heterocycles. The lowest BCUT2D eigenvalue weighted by Gasteiger charge is -2.46. The van der Waals surface area contributed by atoms with Gasteiger partial charge in [-0.25, -0.2) is 0 Å². The Hall–Kier alpha value is -1.65. The van der Waals surface area contributed by atoms with Gasteiger partial charge in [0.15, 0.2) is 0 Å². The molecule has 1 aromatic carbocycles. The van der Waals surface area contributed by atoms with Gasteiger partial charge in [0.25, 0.3) is 0 Å². The number of piperidine rings is 1. The van der Waals surface area contributed by atoms with Crippen LogP contribution in [-0.2, 0) is 16.8 Å². The zero-order valence-corrected chi connectivity index (χ0v) is 15.0. The van der Waals surface area contributed by atoms with Crippen LogP contribution in [0.1, 0.15) is 30.9 Å². The lowest BCUT2D eigenvalue weighted by Crippen LogP contribution is -2.56. The van der Waals surface area contributed by atoms with Crippen LogP contribution in [0.3, 0.4) is 0 Å². The number of nitrogens with zero attached hydrogens (tertiary/aromatic N) is 2. The van der Waals surface area contributed by atoms with Gasteiger partial charge in [-0.1, -0.05) is 30.3 Å². The lowest BCUT2D eigenvalue weighted by molar-refractivity contribution is -0.131. The van der Waals surface area contributed by atoms with E-state index in [0.717, 1.165) is 39.0 Å². The van der Waals surface area contributed by atoms with E-state index in [1.54, 1.807) is 18.3 Å². The SMILES string of the molecule is CC(=O)N1CC[C@@]2(c3ccccc3)CCN(Cc3ccsc3)C[C@H]12. The average molecular weight is 340 g/mol. The van der Waals surface area contributed by atoms with Crippen molar-refractivity contribution in [2.75, 3.05) is 19.6 Å². The first-order chi connectivity index (χ1) is 11.7. The summed E-state index contributed by atoms with van der Waals surface area (Å²) in [4.78, 5) is 16.8. The van der Waals surface area contributed by atoms with Crippen molar-refractivity contribution in [1.29, 1.82) is 0 Å². The van der Waals surface area contributed by atoms with Crippen LogP contribution in [0.5, 0.6) is 0 Å². The number of likely N-dealkylation sites (tertiary alicyclic amines) is 2. The molecule has 2 atom stereocenters. The lowest BCUT2D eigenvalue weighted by atomic mass is 9.69. The highest BCUT2D eigenvalue weighted by atomic mass is 32.1. The van der Waals surface area contributed by atoms with Crippen molar-refractivity contribution >= 4 is 17.2 Å². The van der Waals surface area contributed by atoms with Crippen LogP contribution in [0.4, 0.5) is 0 Å². The maximum Gasteiger partial charge on any atom is 0.219 e. The Kier molecular flexibility index (Phi) is 4.19. The molecule has 0 spiro atoms. The predicted molar refractivity (Wildman–Crippen MR) is 98.1 cm³/mol. The van der Waals surface area contributed by atoms with Crippen LogP contribution >= 0.6 is 11.3 Å². The molecule has 0 unspecified atom stereocenters. The maximum absolute atomic E-state index is 12.2. The number of rotatable bonds is 3. The molecule has 1 amide bonds. The molecule has 2 aliphatic heterocycles. The molecule has 2 saturated heterocycles. The first-order valence-corrected chi connectivity index (χ1v) is 9.69. The van der Waals surface area contributed by atoms with Crippen LogP contribution in [0.25, 0.3) is 0 Å². The molecule has 2 fully saturated rings. The Morgan fingerprint density at radius 2 is 2.00 bits per heavy atom. The molecule has 4 rings (SSSR count). The number of amides is 1. The van der Waals surface area contributed by atoms with Crippen LogP contribution in [0, 0.1) is 0 Å². The van der Waals surface area contributed by atoms with Crippen LogP contribution < -0.4 is 0 Å². The summed E-state index contributed by atoms with van der Waals surface area (Å²) >= 11 is 1.76. The highest BCUT2D eigenvalue weighted by molar-refractivity contribution is 7.07. The molecular weight excluding hydrogens is 316 g/mol. The Bertz CT molecular complexity index is 700. The van der Waals surface area contributed by atoms with Crippen LogP contribution in [0.15, 0.2) is 47.2 Å². The molecule has 2 aromatic rings. The van der Waals surface area contributed by atoms with E-state index in [9.17, 15) is 4.79 Å². The fraction of sp³-hybridized carbons (Fsp3) is 0.450. The van der Waals surface area contributed by atoms with E-state index in [-0.39, 0.29) is 11.3 Å². The van der Waals surface area contributed by atoms with Crippen molar-refractivity contribution in [2.24, 2.45) is 0 Å². The number of hydrogen-bond acceptors (Lipinski definition) is 3. The van der Waals surface area contributed by atoms with Crippen LogP contribution in [0.2, 0.25) is 0 Å². The summed E-state index contributed by atoms with van der Waals surface area (Å²) in [6.45, 7) is 5.69. The van der Waals surface area contributed by atoms with E-state index in [0.29, 0.717) is 6.04 Å². The topological polar surface area (TPSA) is 23.6 Å². The van der Waals surface area contributed by atoms with E-state index in [1.807, 2.05) is 0 Å². The van der Waals surface area contributed by atoms with E-state index in [1.165, 1.54) is 11.1 Å². The average Bonchev–Trinajstić information content (AvgIpc) is 3.23. The Labute approximate surface area is 147 Å². The summed E-state index contributed by atoms with van der Waals surface area (Å²) in [6, 6.07) is 13.4. The minimum absolute atomic E-state index is 0.137. The molecule has 0 aliphatic carbocycles. The number of carbonyl (C=O) groups excluding carboxylic acids is 1.